The molecule has 2 heterocycles. The van der Waals surface area contributed by atoms with Crippen LogP contribution in [0.4, 0.5) is 10.2 Å². The van der Waals surface area contributed by atoms with Crippen molar-refractivity contribution >= 4 is 11.8 Å². The maximum Gasteiger partial charge on any atom is 0.339 e. The number of aromatic carboxylic acids is 1. The van der Waals surface area contributed by atoms with E-state index in [0.717, 1.165) is 12.3 Å². The number of aromatic nitrogens is 4. The molecule has 0 spiro atoms. The average Bonchev–Trinajstić information content (AvgIpc) is 2.84. The number of rotatable bonds is 5. The van der Waals surface area contributed by atoms with E-state index >= 15 is 0 Å². The normalized spacial score (nSPS) is 10.4. The Labute approximate surface area is 108 Å². The van der Waals surface area contributed by atoms with Crippen molar-refractivity contribution in [3.63, 3.8) is 0 Å². The molecule has 19 heavy (non-hydrogen) atoms. The first-order chi connectivity index (χ1) is 9.11. The molecule has 0 saturated carbocycles. The summed E-state index contributed by atoms with van der Waals surface area (Å²) in [4.78, 5) is 14.7. The van der Waals surface area contributed by atoms with Crippen LogP contribution in [-0.2, 0) is 13.1 Å². The Morgan fingerprint density at radius 2 is 2.37 bits per heavy atom. The predicted molar refractivity (Wildman–Crippen MR) is 64.2 cm³/mol. The molecule has 0 unspecified atom stereocenters. The topological polar surface area (TPSA) is 92.9 Å². The lowest BCUT2D eigenvalue weighted by Gasteiger charge is -2.08. The summed E-state index contributed by atoms with van der Waals surface area (Å²) in [5.74, 6) is -1.20. The molecule has 0 radical (unpaired) electrons. The van der Waals surface area contributed by atoms with Gasteiger partial charge in [0.2, 0.25) is 0 Å². The Balaban J connectivity index is 2.18. The predicted octanol–water partition coefficient (Wildman–Crippen LogP) is 1.14. The van der Waals surface area contributed by atoms with Crippen molar-refractivity contribution in [3.05, 3.63) is 35.8 Å². The lowest BCUT2D eigenvalue weighted by Crippen LogP contribution is -2.12. The number of anilines is 1. The molecule has 0 amide bonds. The zero-order valence-electron chi connectivity index (χ0n) is 10.2. The van der Waals surface area contributed by atoms with Crippen LogP contribution in [0.2, 0.25) is 0 Å². The average molecular weight is 265 g/mol. The third-order valence-electron chi connectivity index (χ3n) is 2.54. The van der Waals surface area contributed by atoms with Crippen LogP contribution in [0.5, 0.6) is 0 Å². The van der Waals surface area contributed by atoms with Gasteiger partial charge in [0.1, 0.15) is 23.5 Å². The van der Waals surface area contributed by atoms with E-state index in [1.54, 1.807) is 10.9 Å². The standard InChI is InChI=1S/C11H12FN5O2/c1-2-17-6-15-16-9(17)5-14-10-8(11(18)19)3-7(12)4-13-10/h3-4,6H,2,5H2,1H3,(H,13,14)(H,18,19). The molecule has 100 valence electrons. The van der Waals surface area contributed by atoms with Gasteiger partial charge < -0.3 is 15.0 Å². The summed E-state index contributed by atoms with van der Waals surface area (Å²) in [6.07, 6.45) is 2.53. The smallest absolute Gasteiger partial charge is 0.339 e. The van der Waals surface area contributed by atoms with Gasteiger partial charge in [-0.1, -0.05) is 0 Å². The van der Waals surface area contributed by atoms with Crippen LogP contribution >= 0.6 is 0 Å². The molecule has 0 atom stereocenters. The van der Waals surface area contributed by atoms with Gasteiger partial charge in [-0.3, -0.25) is 0 Å². The third-order valence-corrected chi connectivity index (χ3v) is 2.54. The van der Waals surface area contributed by atoms with E-state index in [-0.39, 0.29) is 17.9 Å². The van der Waals surface area contributed by atoms with E-state index < -0.39 is 11.8 Å². The molecule has 2 N–H and O–H groups in total. The van der Waals surface area contributed by atoms with Gasteiger partial charge >= 0.3 is 5.97 Å². The fourth-order valence-electron chi connectivity index (χ4n) is 1.59. The van der Waals surface area contributed by atoms with Crippen molar-refractivity contribution < 1.29 is 14.3 Å². The number of pyridine rings is 1. The van der Waals surface area contributed by atoms with E-state index in [0.29, 0.717) is 12.4 Å². The SMILES string of the molecule is CCn1cnnc1CNc1ncc(F)cc1C(=O)O. The Morgan fingerprint density at radius 3 is 3.05 bits per heavy atom. The fraction of sp³-hybridized carbons (Fsp3) is 0.273. The minimum atomic E-state index is -1.24. The van der Waals surface area contributed by atoms with Gasteiger partial charge in [-0.15, -0.1) is 10.2 Å². The molecule has 7 nitrogen and oxygen atoms in total. The van der Waals surface area contributed by atoms with Crippen LogP contribution in [0, 0.1) is 5.82 Å². The second-order valence-corrected chi connectivity index (χ2v) is 3.74. The molecule has 0 aliphatic heterocycles. The van der Waals surface area contributed by atoms with Crippen molar-refractivity contribution in [1.29, 1.82) is 0 Å². The van der Waals surface area contributed by atoms with E-state index in [1.807, 2.05) is 6.92 Å². The third kappa shape index (κ3) is 2.84. The number of halogens is 1. The summed E-state index contributed by atoms with van der Waals surface area (Å²) in [6.45, 7) is 2.89. The monoisotopic (exact) mass is 265 g/mol. The molecule has 0 fully saturated rings. The van der Waals surface area contributed by atoms with E-state index in [4.69, 9.17) is 5.11 Å². The van der Waals surface area contributed by atoms with Gasteiger partial charge in [-0.25, -0.2) is 14.2 Å². The zero-order valence-corrected chi connectivity index (χ0v) is 10.2. The minimum Gasteiger partial charge on any atom is -0.478 e. The zero-order chi connectivity index (χ0) is 13.8. The highest BCUT2D eigenvalue weighted by atomic mass is 19.1. The van der Waals surface area contributed by atoms with Crippen molar-refractivity contribution in [2.75, 3.05) is 5.32 Å². The highest BCUT2D eigenvalue weighted by molar-refractivity contribution is 5.93. The van der Waals surface area contributed by atoms with Crippen molar-refractivity contribution in [2.24, 2.45) is 0 Å². The van der Waals surface area contributed by atoms with Gasteiger partial charge in [-0.2, -0.15) is 0 Å². The summed E-state index contributed by atoms with van der Waals surface area (Å²) in [7, 11) is 0. The number of nitrogens with zero attached hydrogens (tertiary/aromatic N) is 4. The number of hydrogen-bond donors (Lipinski definition) is 2. The number of carboxylic acid groups (broad SMARTS) is 1. The van der Waals surface area contributed by atoms with Gasteiger partial charge in [-0.05, 0) is 13.0 Å². The van der Waals surface area contributed by atoms with Crippen LogP contribution in [0.1, 0.15) is 23.1 Å². The summed E-state index contributed by atoms with van der Waals surface area (Å²) in [5.41, 5.74) is -0.220. The molecule has 0 bridgehead atoms. The summed E-state index contributed by atoms with van der Waals surface area (Å²) < 4.78 is 14.8. The number of carbonyl (C=O) groups is 1. The van der Waals surface area contributed by atoms with E-state index in [2.05, 4.69) is 20.5 Å². The Hall–Kier alpha value is -2.51. The summed E-state index contributed by atoms with van der Waals surface area (Å²) in [6, 6.07) is 0.919. The maximum absolute atomic E-state index is 13.0. The molecule has 0 aliphatic rings. The van der Waals surface area contributed by atoms with Crippen LogP contribution in [0.25, 0.3) is 0 Å². The first kappa shape index (κ1) is 12.9. The number of nitrogens with one attached hydrogen (secondary N) is 1. The quantitative estimate of drug-likeness (QED) is 0.842. The largest absolute Gasteiger partial charge is 0.478 e. The molecular formula is C11H12FN5O2. The molecular weight excluding hydrogens is 253 g/mol. The molecule has 0 aromatic carbocycles. The van der Waals surface area contributed by atoms with Gasteiger partial charge in [0.25, 0.3) is 0 Å². The van der Waals surface area contributed by atoms with Crippen LogP contribution in [0.3, 0.4) is 0 Å². The van der Waals surface area contributed by atoms with Crippen molar-refractivity contribution in [1.82, 2.24) is 19.7 Å². The Kier molecular flexibility index (Phi) is 3.69. The van der Waals surface area contributed by atoms with E-state index in [9.17, 15) is 9.18 Å². The second kappa shape index (κ2) is 5.42. The minimum absolute atomic E-state index is 0.0968. The highest BCUT2D eigenvalue weighted by Crippen LogP contribution is 2.14. The molecule has 0 aliphatic carbocycles. The second-order valence-electron chi connectivity index (χ2n) is 3.74. The molecule has 2 rings (SSSR count). The first-order valence-electron chi connectivity index (χ1n) is 5.61. The maximum atomic E-state index is 13.0. The Morgan fingerprint density at radius 1 is 1.58 bits per heavy atom. The molecule has 2 aromatic rings. The number of carboxylic acids is 1. The number of aryl methyl sites for hydroxylation is 1. The Bertz CT molecular complexity index is 599. The molecule has 2 aromatic heterocycles. The van der Waals surface area contributed by atoms with Gasteiger partial charge in [0, 0.05) is 6.54 Å². The number of hydrogen-bond acceptors (Lipinski definition) is 5. The lowest BCUT2D eigenvalue weighted by molar-refractivity contribution is 0.0697. The first-order valence-corrected chi connectivity index (χ1v) is 5.61. The fourth-order valence-corrected chi connectivity index (χ4v) is 1.59. The van der Waals surface area contributed by atoms with E-state index in [1.165, 1.54) is 0 Å². The van der Waals surface area contributed by atoms with Gasteiger partial charge in [0.05, 0.1) is 12.7 Å². The van der Waals surface area contributed by atoms with Crippen molar-refractivity contribution in [3.8, 4) is 0 Å². The molecule has 0 saturated heterocycles. The van der Waals surface area contributed by atoms with Gasteiger partial charge in [0.15, 0.2) is 5.82 Å². The van der Waals surface area contributed by atoms with Crippen LogP contribution in [0.15, 0.2) is 18.6 Å². The van der Waals surface area contributed by atoms with Crippen molar-refractivity contribution in [2.45, 2.75) is 20.0 Å². The lowest BCUT2D eigenvalue weighted by atomic mass is 10.2. The summed E-state index contributed by atoms with van der Waals surface area (Å²) >= 11 is 0. The molecule has 8 heteroatoms. The highest BCUT2D eigenvalue weighted by Gasteiger charge is 2.13. The van der Waals surface area contributed by atoms with Crippen LogP contribution in [-0.4, -0.2) is 30.8 Å². The van der Waals surface area contributed by atoms with Crippen LogP contribution < -0.4 is 5.32 Å². The summed E-state index contributed by atoms with van der Waals surface area (Å²) in [5, 5.41) is 19.4.